The summed E-state index contributed by atoms with van der Waals surface area (Å²) >= 11 is 6.17. The summed E-state index contributed by atoms with van der Waals surface area (Å²) in [6, 6.07) is 5.83. The van der Waals surface area contributed by atoms with Gasteiger partial charge in [-0.15, -0.1) is 0 Å². The van der Waals surface area contributed by atoms with Gasteiger partial charge in [-0.3, -0.25) is 4.79 Å². The van der Waals surface area contributed by atoms with Gasteiger partial charge in [-0.25, -0.2) is 0 Å². The Balaban J connectivity index is 2.37. The number of aryl methyl sites for hydroxylation is 1. The molecule has 0 radical (unpaired) electrons. The zero-order valence-electron chi connectivity index (χ0n) is 9.62. The molecule has 1 aliphatic rings. The van der Waals surface area contributed by atoms with Crippen LogP contribution in [0.15, 0.2) is 18.2 Å². The number of rotatable bonds is 2. The molecular formula is C13H15ClO2. The van der Waals surface area contributed by atoms with Gasteiger partial charge >= 0.3 is 5.97 Å². The van der Waals surface area contributed by atoms with Crippen LogP contribution in [0.2, 0.25) is 5.02 Å². The van der Waals surface area contributed by atoms with Crippen molar-refractivity contribution in [3.8, 4) is 0 Å². The van der Waals surface area contributed by atoms with Crippen LogP contribution in [0.25, 0.3) is 0 Å². The Morgan fingerprint density at radius 1 is 1.44 bits per heavy atom. The van der Waals surface area contributed by atoms with Crippen molar-refractivity contribution in [3.63, 3.8) is 0 Å². The number of hydrogen-bond acceptors (Lipinski definition) is 1. The fourth-order valence-corrected chi connectivity index (χ4v) is 2.92. The van der Waals surface area contributed by atoms with Crippen LogP contribution in [-0.2, 0) is 4.79 Å². The van der Waals surface area contributed by atoms with Gasteiger partial charge in [0.05, 0.1) is 5.92 Å². The summed E-state index contributed by atoms with van der Waals surface area (Å²) in [7, 11) is 0. The van der Waals surface area contributed by atoms with Gasteiger partial charge in [0, 0.05) is 10.9 Å². The van der Waals surface area contributed by atoms with Crippen molar-refractivity contribution in [2.75, 3.05) is 0 Å². The van der Waals surface area contributed by atoms with Crippen molar-refractivity contribution in [2.24, 2.45) is 11.3 Å². The first-order chi connectivity index (χ1) is 7.35. The zero-order chi connectivity index (χ0) is 12.1. The molecule has 1 N–H and O–H groups in total. The lowest BCUT2D eigenvalue weighted by atomic mass is 10.0. The second-order valence-electron chi connectivity index (χ2n) is 5.14. The molecule has 1 aromatic carbocycles. The molecule has 1 saturated carbocycles. The van der Waals surface area contributed by atoms with Crippen LogP contribution in [-0.4, -0.2) is 11.1 Å². The molecule has 2 rings (SSSR count). The molecule has 0 amide bonds. The van der Waals surface area contributed by atoms with Crippen LogP contribution in [0, 0.1) is 18.3 Å². The summed E-state index contributed by atoms with van der Waals surface area (Å²) in [5, 5.41) is 9.81. The summed E-state index contributed by atoms with van der Waals surface area (Å²) in [4.78, 5) is 11.1. The molecule has 0 unspecified atom stereocenters. The average molecular weight is 239 g/mol. The van der Waals surface area contributed by atoms with E-state index in [4.69, 9.17) is 16.7 Å². The van der Waals surface area contributed by atoms with Crippen molar-refractivity contribution < 1.29 is 9.90 Å². The summed E-state index contributed by atoms with van der Waals surface area (Å²) in [5.41, 5.74) is 1.87. The van der Waals surface area contributed by atoms with E-state index >= 15 is 0 Å². The minimum atomic E-state index is -0.730. The summed E-state index contributed by atoms with van der Waals surface area (Å²) in [6.45, 7) is 5.93. The topological polar surface area (TPSA) is 37.3 Å². The van der Waals surface area contributed by atoms with Crippen LogP contribution in [0.4, 0.5) is 0 Å². The van der Waals surface area contributed by atoms with Gasteiger partial charge in [0.15, 0.2) is 0 Å². The smallest absolute Gasteiger partial charge is 0.307 e. The molecule has 2 atom stereocenters. The maximum absolute atomic E-state index is 11.1. The lowest BCUT2D eigenvalue weighted by Gasteiger charge is -2.06. The summed E-state index contributed by atoms with van der Waals surface area (Å²) in [6.07, 6.45) is 0. The van der Waals surface area contributed by atoms with Crippen molar-refractivity contribution in [1.82, 2.24) is 0 Å². The molecule has 2 nitrogen and oxygen atoms in total. The number of hydrogen-bond donors (Lipinski definition) is 1. The van der Waals surface area contributed by atoms with Crippen molar-refractivity contribution in [3.05, 3.63) is 34.3 Å². The highest BCUT2D eigenvalue weighted by Gasteiger charge is 2.63. The van der Waals surface area contributed by atoms with Crippen molar-refractivity contribution in [1.29, 1.82) is 0 Å². The Hall–Kier alpha value is -1.02. The third-order valence-electron chi connectivity index (χ3n) is 3.58. The standard InChI is InChI=1S/C13H15ClO2/c1-7-4-5-8(9(14)6-7)10-11(12(15)16)13(10,2)3/h4-6,10-11H,1-3H3,(H,15,16)/t10-,11+/m1/s1. The second kappa shape index (κ2) is 3.49. The Morgan fingerprint density at radius 2 is 2.06 bits per heavy atom. The number of halogens is 1. The van der Waals surface area contributed by atoms with Crippen molar-refractivity contribution in [2.45, 2.75) is 26.7 Å². The third-order valence-corrected chi connectivity index (χ3v) is 3.91. The van der Waals surface area contributed by atoms with Crippen LogP contribution in [0.1, 0.15) is 30.9 Å². The highest BCUT2D eigenvalue weighted by Crippen LogP contribution is 2.65. The molecule has 0 bridgehead atoms. The maximum Gasteiger partial charge on any atom is 0.307 e. The normalized spacial score (nSPS) is 26.5. The number of carboxylic acids is 1. The van der Waals surface area contributed by atoms with Crippen LogP contribution < -0.4 is 0 Å². The SMILES string of the molecule is Cc1ccc([C@@H]2[C@@H](C(=O)O)C2(C)C)c(Cl)c1. The summed E-state index contributed by atoms with van der Waals surface area (Å²) in [5.74, 6) is -1.00. The molecule has 0 aromatic heterocycles. The molecular weight excluding hydrogens is 224 g/mol. The van der Waals surface area contributed by atoms with E-state index in [-0.39, 0.29) is 17.3 Å². The first kappa shape index (κ1) is 11.5. The highest BCUT2D eigenvalue weighted by atomic mass is 35.5. The quantitative estimate of drug-likeness (QED) is 0.857. The van der Waals surface area contributed by atoms with E-state index in [1.807, 2.05) is 39.0 Å². The molecule has 86 valence electrons. The summed E-state index contributed by atoms with van der Waals surface area (Å²) < 4.78 is 0. The first-order valence-corrected chi connectivity index (χ1v) is 5.72. The van der Waals surface area contributed by atoms with Gasteiger partial charge < -0.3 is 5.11 Å². The van der Waals surface area contributed by atoms with E-state index in [1.165, 1.54) is 0 Å². The average Bonchev–Trinajstić information content (AvgIpc) is 2.69. The van der Waals surface area contributed by atoms with Crippen LogP contribution in [0.3, 0.4) is 0 Å². The van der Waals surface area contributed by atoms with E-state index in [0.29, 0.717) is 5.02 Å². The molecule has 1 aliphatic carbocycles. The van der Waals surface area contributed by atoms with Gasteiger partial charge in [0.1, 0.15) is 0 Å². The minimum Gasteiger partial charge on any atom is -0.481 e. The zero-order valence-corrected chi connectivity index (χ0v) is 10.4. The largest absolute Gasteiger partial charge is 0.481 e. The Morgan fingerprint density at radius 3 is 2.50 bits per heavy atom. The molecule has 1 aromatic rings. The highest BCUT2D eigenvalue weighted by molar-refractivity contribution is 6.31. The molecule has 16 heavy (non-hydrogen) atoms. The van der Waals surface area contributed by atoms with Gasteiger partial charge in [-0.05, 0) is 29.5 Å². The fraction of sp³-hybridized carbons (Fsp3) is 0.462. The van der Waals surface area contributed by atoms with E-state index in [2.05, 4.69) is 0 Å². The monoisotopic (exact) mass is 238 g/mol. The van der Waals surface area contributed by atoms with E-state index in [9.17, 15) is 4.79 Å². The van der Waals surface area contributed by atoms with Crippen LogP contribution >= 0.6 is 11.6 Å². The van der Waals surface area contributed by atoms with Crippen molar-refractivity contribution >= 4 is 17.6 Å². The van der Waals surface area contributed by atoms with Gasteiger partial charge in [-0.1, -0.05) is 37.6 Å². The first-order valence-electron chi connectivity index (χ1n) is 5.34. The predicted molar refractivity (Wildman–Crippen MR) is 63.8 cm³/mol. The second-order valence-corrected chi connectivity index (χ2v) is 5.55. The third kappa shape index (κ3) is 1.61. The Kier molecular flexibility index (Phi) is 2.50. The molecule has 0 saturated heterocycles. The number of benzene rings is 1. The minimum absolute atomic E-state index is 0.0399. The lowest BCUT2D eigenvalue weighted by Crippen LogP contribution is -2.03. The Bertz CT molecular complexity index is 451. The Labute approximate surface area is 100 Å². The van der Waals surface area contributed by atoms with E-state index < -0.39 is 5.97 Å². The van der Waals surface area contributed by atoms with Gasteiger partial charge in [0.2, 0.25) is 0 Å². The maximum atomic E-state index is 11.1. The molecule has 1 fully saturated rings. The molecule has 0 spiro atoms. The van der Waals surface area contributed by atoms with Gasteiger partial charge in [-0.2, -0.15) is 0 Å². The molecule has 3 heteroatoms. The number of aliphatic carboxylic acids is 1. The molecule has 0 heterocycles. The fourth-order valence-electron chi connectivity index (χ4n) is 2.56. The molecule has 0 aliphatic heterocycles. The number of carbonyl (C=O) groups is 1. The van der Waals surface area contributed by atoms with E-state index in [1.54, 1.807) is 0 Å². The number of carboxylic acid groups (broad SMARTS) is 1. The van der Waals surface area contributed by atoms with Gasteiger partial charge in [0.25, 0.3) is 0 Å². The predicted octanol–water partition coefficient (Wildman–Crippen LogP) is 3.47. The van der Waals surface area contributed by atoms with Crippen LogP contribution in [0.5, 0.6) is 0 Å². The lowest BCUT2D eigenvalue weighted by molar-refractivity contribution is -0.139. The van der Waals surface area contributed by atoms with E-state index in [0.717, 1.165) is 11.1 Å².